The Labute approximate surface area is 172 Å². The van der Waals surface area contributed by atoms with Crippen LogP contribution in [0.4, 0.5) is 4.79 Å². The summed E-state index contributed by atoms with van der Waals surface area (Å²) in [5.41, 5.74) is -1.43. The van der Waals surface area contributed by atoms with Gasteiger partial charge in [0, 0.05) is 18.0 Å². The van der Waals surface area contributed by atoms with E-state index >= 15 is 0 Å². The molecule has 0 aromatic heterocycles. The molecule has 0 aromatic rings. The summed E-state index contributed by atoms with van der Waals surface area (Å²) in [5, 5.41) is 5.23. The molecule has 1 aliphatic heterocycles. The highest BCUT2D eigenvalue weighted by atomic mass is 16.6. The highest BCUT2D eigenvalue weighted by Crippen LogP contribution is 2.26. The lowest BCUT2D eigenvalue weighted by atomic mass is 9.89. The van der Waals surface area contributed by atoms with Gasteiger partial charge in [-0.3, -0.25) is 9.59 Å². The van der Waals surface area contributed by atoms with Gasteiger partial charge in [0.1, 0.15) is 18.2 Å². The Morgan fingerprint density at radius 3 is 2.31 bits per heavy atom. The zero-order valence-electron chi connectivity index (χ0n) is 18.6. The number of rotatable bonds is 6. The van der Waals surface area contributed by atoms with E-state index in [1.165, 1.54) is 12.0 Å². The van der Waals surface area contributed by atoms with Gasteiger partial charge in [-0.2, -0.15) is 0 Å². The Hall–Kier alpha value is -2.32. The molecule has 1 aliphatic rings. The Balaban J connectivity index is 3.00. The van der Waals surface area contributed by atoms with Crippen LogP contribution in [-0.2, 0) is 23.9 Å². The van der Waals surface area contributed by atoms with Gasteiger partial charge in [-0.1, -0.05) is 0 Å². The van der Waals surface area contributed by atoms with Crippen LogP contribution >= 0.6 is 0 Å². The number of amides is 3. The van der Waals surface area contributed by atoms with E-state index in [2.05, 4.69) is 10.6 Å². The SMILES string of the molecule is COC(=O)[C@H](C[C@@H]1CCCNC1=O)N(C(=O)CNC(=O)OC(C)(C)C)C(C)(C)C. The summed E-state index contributed by atoms with van der Waals surface area (Å²) in [6.45, 7) is 10.8. The van der Waals surface area contributed by atoms with Gasteiger partial charge in [0.05, 0.1) is 7.11 Å². The zero-order chi connectivity index (χ0) is 22.4. The van der Waals surface area contributed by atoms with Crippen LogP contribution in [0.25, 0.3) is 0 Å². The maximum absolute atomic E-state index is 13.0. The molecular formula is C20H35N3O6. The van der Waals surface area contributed by atoms with Crippen molar-refractivity contribution in [3.63, 3.8) is 0 Å². The van der Waals surface area contributed by atoms with Crippen molar-refractivity contribution in [1.82, 2.24) is 15.5 Å². The molecule has 9 nitrogen and oxygen atoms in total. The molecule has 2 N–H and O–H groups in total. The van der Waals surface area contributed by atoms with E-state index in [1.54, 1.807) is 41.5 Å². The maximum atomic E-state index is 13.0. The number of alkyl carbamates (subject to hydrolysis) is 1. The fraction of sp³-hybridized carbons (Fsp3) is 0.800. The highest BCUT2D eigenvalue weighted by Gasteiger charge is 2.40. The van der Waals surface area contributed by atoms with Crippen molar-refractivity contribution in [2.24, 2.45) is 5.92 Å². The van der Waals surface area contributed by atoms with Gasteiger partial charge < -0.3 is 25.0 Å². The molecule has 0 aliphatic carbocycles. The number of piperidine rings is 1. The fourth-order valence-electron chi connectivity index (χ4n) is 3.34. The van der Waals surface area contributed by atoms with Crippen LogP contribution in [0.2, 0.25) is 0 Å². The van der Waals surface area contributed by atoms with Crippen molar-refractivity contribution in [3.05, 3.63) is 0 Å². The molecule has 0 spiro atoms. The van der Waals surface area contributed by atoms with Crippen LogP contribution in [0.1, 0.15) is 60.8 Å². The van der Waals surface area contributed by atoms with Gasteiger partial charge in [0.15, 0.2) is 0 Å². The number of methoxy groups -OCH3 is 1. The fourth-order valence-corrected chi connectivity index (χ4v) is 3.34. The third kappa shape index (κ3) is 7.91. The van der Waals surface area contributed by atoms with Gasteiger partial charge in [0.2, 0.25) is 11.8 Å². The molecule has 2 atom stereocenters. The van der Waals surface area contributed by atoms with E-state index in [-0.39, 0.29) is 24.8 Å². The van der Waals surface area contributed by atoms with Gasteiger partial charge in [-0.15, -0.1) is 0 Å². The molecule has 3 amide bonds. The summed E-state index contributed by atoms with van der Waals surface area (Å²) in [6.07, 6.45) is 0.893. The minimum atomic E-state index is -0.943. The number of carbonyl (C=O) groups is 4. The molecule has 9 heteroatoms. The number of nitrogens with one attached hydrogen (secondary N) is 2. The molecule has 1 fully saturated rings. The zero-order valence-corrected chi connectivity index (χ0v) is 18.6. The number of esters is 1. The van der Waals surface area contributed by atoms with E-state index in [1.807, 2.05) is 0 Å². The predicted molar refractivity (Wildman–Crippen MR) is 107 cm³/mol. The van der Waals surface area contributed by atoms with E-state index in [4.69, 9.17) is 9.47 Å². The van der Waals surface area contributed by atoms with Crippen molar-refractivity contribution >= 4 is 23.9 Å². The van der Waals surface area contributed by atoms with E-state index in [0.29, 0.717) is 13.0 Å². The molecule has 0 saturated carbocycles. The number of ether oxygens (including phenoxy) is 2. The number of carbonyl (C=O) groups excluding carboxylic acids is 4. The first-order valence-electron chi connectivity index (χ1n) is 9.91. The van der Waals surface area contributed by atoms with Crippen LogP contribution in [0.15, 0.2) is 0 Å². The summed E-state index contributed by atoms with van der Waals surface area (Å²) in [7, 11) is 1.25. The number of hydrogen-bond acceptors (Lipinski definition) is 6. The van der Waals surface area contributed by atoms with Crippen LogP contribution in [0.3, 0.4) is 0 Å². The van der Waals surface area contributed by atoms with Crippen LogP contribution in [-0.4, -0.2) is 66.2 Å². The summed E-state index contributed by atoms with van der Waals surface area (Å²) in [5.74, 6) is -1.57. The van der Waals surface area contributed by atoms with Crippen molar-refractivity contribution in [2.75, 3.05) is 20.2 Å². The van der Waals surface area contributed by atoms with Crippen molar-refractivity contribution < 1.29 is 28.7 Å². The summed E-state index contributed by atoms with van der Waals surface area (Å²) < 4.78 is 10.1. The smallest absolute Gasteiger partial charge is 0.408 e. The standard InChI is InChI=1S/C20H35N3O6/c1-19(2,3)23(15(24)12-22-18(27)29-20(4,5)6)14(17(26)28-7)11-13-9-8-10-21-16(13)25/h13-14H,8-12H2,1-7H3,(H,21,25)(H,22,27)/t13-,14-/m0/s1. The first kappa shape index (κ1) is 24.7. The van der Waals surface area contributed by atoms with Crippen LogP contribution in [0, 0.1) is 5.92 Å². The van der Waals surface area contributed by atoms with E-state index < -0.39 is 35.2 Å². The largest absolute Gasteiger partial charge is 0.467 e. The quantitative estimate of drug-likeness (QED) is 0.639. The second kappa shape index (κ2) is 9.93. The lowest BCUT2D eigenvalue weighted by Gasteiger charge is -2.41. The molecular weight excluding hydrogens is 378 g/mol. The summed E-state index contributed by atoms with van der Waals surface area (Å²) in [4.78, 5) is 51.0. The Bertz CT molecular complexity index is 621. The second-order valence-electron chi connectivity index (χ2n) is 9.19. The Morgan fingerprint density at radius 2 is 1.83 bits per heavy atom. The average molecular weight is 414 g/mol. The van der Waals surface area contributed by atoms with Gasteiger partial charge >= 0.3 is 12.1 Å². The van der Waals surface area contributed by atoms with E-state index in [9.17, 15) is 19.2 Å². The topological polar surface area (TPSA) is 114 Å². The first-order valence-corrected chi connectivity index (χ1v) is 9.91. The number of nitrogens with zero attached hydrogens (tertiary/aromatic N) is 1. The number of hydrogen-bond donors (Lipinski definition) is 2. The molecule has 1 rings (SSSR count). The van der Waals surface area contributed by atoms with Crippen LogP contribution in [0.5, 0.6) is 0 Å². The molecule has 166 valence electrons. The average Bonchev–Trinajstić information content (AvgIpc) is 2.57. The van der Waals surface area contributed by atoms with Gasteiger partial charge in [-0.25, -0.2) is 9.59 Å². The summed E-state index contributed by atoms with van der Waals surface area (Å²) >= 11 is 0. The molecule has 1 heterocycles. The lowest BCUT2D eigenvalue weighted by molar-refractivity contribution is -0.158. The van der Waals surface area contributed by atoms with Crippen molar-refractivity contribution in [1.29, 1.82) is 0 Å². The van der Waals surface area contributed by atoms with E-state index in [0.717, 1.165) is 6.42 Å². The minimum absolute atomic E-state index is 0.127. The molecule has 0 unspecified atom stereocenters. The van der Waals surface area contributed by atoms with Crippen molar-refractivity contribution in [2.45, 2.75) is 78.0 Å². The third-order valence-electron chi connectivity index (χ3n) is 4.47. The predicted octanol–water partition coefficient (Wildman–Crippen LogP) is 1.60. The maximum Gasteiger partial charge on any atom is 0.408 e. The van der Waals surface area contributed by atoms with Crippen molar-refractivity contribution in [3.8, 4) is 0 Å². The first-order chi connectivity index (χ1) is 13.3. The monoisotopic (exact) mass is 413 g/mol. The normalized spacial score (nSPS) is 18.3. The van der Waals surface area contributed by atoms with Gasteiger partial charge in [-0.05, 0) is 60.8 Å². The molecule has 1 saturated heterocycles. The van der Waals surface area contributed by atoms with Crippen LogP contribution < -0.4 is 10.6 Å². The molecule has 0 aromatic carbocycles. The Morgan fingerprint density at radius 1 is 1.21 bits per heavy atom. The second-order valence-corrected chi connectivity index (χ2v) is 9.19. The third-order valence-corrected chi connectivity index (χ3v) is 4.47. The molecule has 0 radical (unpaired) electrons. The van der Waals surface area contributed by atoms with Gasteiger partial charge in [0.25, 0.3) is 0 Å². The Kier molecular flexibility index (Phi) is 8.47. The molecule has 0 bridgehead atoms. The molecule has 29 heavy (non-hydrogen) atoms. The lowest BCUT2D eigenvalue weighted by Crippen LogP contribution is -2.58. The minimum Gasteiger partial charge on any atom is -0.467 e. The highest BCUT2D eigenvalue weighted by molar-refractivity contribution is 5.88. The summed E-state index contributed by atoms with van der Waals surface area (Å²) in [6, 6.07) is -0.943.